The lowest BCUT2D eigenvalue weighted by Gasteiger charge is -2.07. The van der Waals surface area contributed by atoms with E-state index in [4.69, 9.17) is 0 Å². The molecule has 0 heterocycles. The monoisotopic (exact) mass is 141 g/mol. The molecule has 0 bridgehead atoms. The molecule has 0 aliphatic rings. The molecule has 0 saturated heterocycles. The summed E-state index contributed by atoms with van der Waals surface area (Å²) >= 11 is 0. The maximum atomic E-state index is 10.8. The third kappa shape index (κ3) is 3.02. The molecule has 0 spiro atoms. The lowest BCUT2D eigenvalue weighted by atomic mass is 10.2. The molecule has 0 aliphatic heterocycles. The largest absolute Gasteiger partial charge is 0.348 e. The molecule has 0 radical (unpaired) electrons. The first-order valence-corrected chi connectivity index (χ1v) is 2.93. The number of carbonyl (C=O) groups excluding carboxylic acids is 2. The number of allylic oxidation sites excluding steroid dienone is 1. The van der Waals surface area contributed by atoms with Gasteiger partial charge >= 0.3 is 0 Å². The van der Waals surface area contributed by atoms with Gasteiger partial charge in [-0.25, -0.2) is 0 Å². The number of nitrogens with zero attached hydrogens (tertiary/aromatic N) is 1. The fraction of sp³-hybridized carbons (Fsp3) is 0.429. The van der Waals surface area contributed by atoms with E-state index in [0.29, 0.717) is 0 Å². The average Bonchev–Trinajstić information content (AvgIpc) is 1.87. The normalized spacial score (nSPS) is 8.60. The van der Waals surface area contributed by atoms with Gasteiger partial charge in [0.2, 0.25) is 5.91 Å². The minimum atomic E-state index is -0.237. The maximum absolute atomic E-state index is 10.8. The van der Waals surface area contributed by atoms with E-state index in [1.54, 1.807) is 14.1 Å². The summed E-state index contributed by atoms with van der Waals surface area (Å²) < 4.78 is 0. The number of amides is 1. The zero-order valence-electron chi connectivity index (χ0n) is 6.26. The van der Waals surface area contributed by atoms with Crippen LogP contribution in [0.2, 0.25) is 0 Å². The summed E-state index contributed by atoms with van der Waals surface area (Å²) in [5.74, 6) is -0.427. The fourth-order valence-corrected chi connectivity index (χ4v) is 0.379. The molecule has 0 aromatic heterocycles. The second-order valence-corrected chi connectivity index (χ2v) is 2.14. The van der Waals surface area contributed by atoms with Crippen LogP contribution in [0.25, 0.3) is 0 Å². The van der Waals surface area contributed by atoms with Crippen molar-refractivity contribution < 1.29 is 9.59 Å². The Bertz CT molecular complexity index is 161. The van der Waals surface area contributed by atoms with Crippen molar-refractivity contribution >= 4 is 11.7 Å². The van der Waals surface area contributed by atoms with Crippen molar-refractivity contribution in [3.8, 4) is 0 Å². The third-order valence-electron chi connectivity index (χ3n) is 1.05. The summed E-state index contributed by atoms with van der Waals surface area (Å²) in [5.41, 5.74) is 0. The Kier molecular flexibility index (Phi) is 3.39. The minimum Gasteiger partial charge on any atom is -0.348 e. The molecule has 0 atom stereocenters. The van der Waals surface area contributed by atoms with Crippen LogP contribution in [-0.2, 0) is 9.59 Å². The highest BCUT2D eigenvalue weighted by Gasteiger charge is 2.06. The van der Waals surface area contributed by atoms with E-state index in [9.17, 15) is 9.59 Å². The highest BCUT2D eigenvalue weighted by Crippen LogP contribution is 1.88. The van der Waals surface area contributed by atoms with E-state index in [1.807, 2.05) is 0 Å². The molecule has 0 N–H and O–H groups in total. The first-order chi connectivity index (χ1) is 4.57. The lowest BCUT2D eigenvalue weighted by molar-refractivity contribution is -0.132. The summed E-state index contributed by atoms with van der Waals surface area (Å²) in [6.45, 7) is 3.25. The number of carbonyl (C=O) groups is 2. The van der Waals surface area contributed by atoms with Crippen molar-refractivity contribution in [1.29, 1.82) is 0 Å². The van der Waals surface area contributed by atoms with E-state index >= 15 is 0 Å². The van der Waals surface area contributed by atoms with Crippen LogP contribution in [0.1, 0.15) is 6.42 Å². The molecule has 3 nitrogen and oxygen atoms in total. The highest BCUT2D eigenvalue weighted by atomic mass is 16.2. The molecule has 0 unspecified atom stereocenters. The van der Waals surface area contributed by atoms with Crippen molar-refractivity contribution in [2.75, 3.05) is 14.1 Å². The molecule has 0 fully saturated rings. The van der Waals surface area contributed by atoms with Gasteiger partial charge in [-0.15, -0.1) is 0 Å². The van der Waals surface area contributed by atoms with Crippen molar-refractivity contribution in [1.82, 2.24) is 4.90 Å². The Morgan fingerprint density at radius 1 is 1.50 bits per heavy atom. The second-order valence-electron chi connectivity index (χ2n) is 2.14. The summed E-state index contributed by atoms with van der Waals surface area (Å²) in [7, 11) is 3.22. The molecule has 0 saturated carbocycles. The predicted molar refractivity (Wildman–Crippen MR) is 38.5 cm³/mol. The average molecular weight is 141 g/mol. The van der Waals surface area contributed by atoms with Gasteiger partial charge in [-0.3, -0.25) is 9.59 Å². The Hall–Kier alpha value is -1.12. The van der Waals surface area contributed by atoms with Crippen LogP contribution in [0.5, 0.6) is 0 Å². The molecule has 0 rings (SSSR count). The lowest BCUT2D eigenvalue weighted by Crippen LogP contribution is -2.23. The van der Waals surface area contributed by atoms with Crippen molar-refractivity contribution in [3.05, 3.63) is 12.7 Å². The zero-order chi connectivity index (χ0) is 8.15. The Morgan fingerprint density at radius 3 is 2.30 bits per heavy atom. The van der Waals surface area contributed by atoms with Gasteiger partial charge in [-0.05, 0) is 6.08 Å². The van der Waals surface area contributed by atoms with Gasteiger partial charge < -0.3 is 4.90 Å². The van der Waals surface area contributed by atoms with Gasteiger partial charge in [0, 0.05) is 14.1 Å². The van der Waals surface area contributed by atoms with Gasteiger partial charge in [0.05, 0.1) is 6.42 Å². The standard InChI is InChI=1S/C7H11NO2/c1-4-6(9)5-7(10)8(2)3/h4H,1,5H2,2-3H3. The van der Waals surface area contributed by atoms with Gasteiger partial charge in [-0.1, -0.05) is 6.58 Å². The van der Waals surface area contributed by atoms with Gasteiger partial charge in [-0.2, -0.15) is 0 Å². The molecular formula is C7H11NO2. The quantitative estimate of drug-likeness (QED) is 0.416. The summed E-state index contributed by atoms with van der Waals surface area (Å²) in [6, 6.07) is 0. The van der Waals surface area contributed by atoms with E-state index in [-0.39, 0.29) is 18.1 Å². The van der Waals surface area contributed by atoms with E-state index in [2.05, 4.69) is 6.58 Å². The molecule has 1 amide bonds. The number of hydrogen-bond donors (Lipinski definition) is 0. The van der Waals surface area contributed by atoms with Gasteiger partial charge in [0.1, 0.15) is 0 Å². The predicted octanol–water partition coefficient (Wildman–Crippen LogP) is 0.220. The van der Waals surface area contributed by atoms with Crippen LogP contribution in [0.15, 0.2) is 12.7 Å². The Morgan fingerprint density at radius 2 is 2.00 bits per heavy atom. The Balaban J connectivity index is 3.80. The van der Waals surface area contributed by atoms with Crippen LogP contribution in [0.4, 0.5) is 0 Å². The van der Waals surface area contributed by atoms with Crippen LogP contribution in [-0.4, -0.2) is 30.7 Å². The topological polar surface area (TPSA) is 37.4 Å². The molecule has 3 heteroatoms. The molecule has 0 aromatic rings. The first-order valence-electron chi connectivity index (χ1n) is 2.93. The minimum absolute atomic E-state index is 0.0729. The van der Waals surface area contributed by atoms with Crippen LogP contribution < -0.4 is 0 Å². The zero-order valence-corrected chi connectivity index (χ0v) is 6.26. The summed E-state index contributed by atoms with van der Waals surface area (Å²) in [5, 5.41) is 0. The van der Waals surface area contributed by atoms with Gasteiger partial charge in [0.15, 0.2) is 5.78 Å². The third-order valence-corrected chi connectivity index (χ3v) is 1.05. The van der Waals surface area contributed by atoms with Crippen LogP contribution >= 0.6 is 0 Å². The second kappa shape index (κ2) is 3.82. The number of hydrogen-bond acceptors (Lipinski definition) is 2. The molecule has 56 valence electrons. The number of rotatable bonds is 3. The van der Waals surface area contributed by atoms with E-state index in [1.165, 1.54) is 4.90 Å². The number of ketones is 1. The molecular weight excluding hydrogens is 130 g/mol. The SMILES string of the molecule is C=CC(=O)CC(=O)N(C)C. The Labute approximate surface area is 60.3 Å². The molecule has 10 heavy (non-hydrogen) atoms. The molecule has 0 aromatic carbocycles. The van der Waals surface area contributed by atoms with Crippen LogP contribution in [0.3, 0.4) is 0 Å². The first kappa shape index (κ1) is 8.88. The van der Waals surface area contributed by atoms with E-state index in [0.717, 1.165) is 6.08 Å². The smallest absolute Gasteiger partial charge is 0.229 e. The molecule has 0 aliphatic carbocycles. The summed E-state index contributed by atoms with van der Waals surface area (Å²) in [4.78, 5) is 22.7. The van der Waals surface area contributed by atoms with Crippen molar-refractivity contribution in [2.45, 2.75) is 6.42 Å². The van der Waals surface area contributed by atoms with Crippen LogP contribution in [0, 0.1) is 0 Å². The fourth-order valence-electron chi connectivity index (χ4n) is 0.379. The summed E-state index contributed by atoms with van der Waals surface area (Å²) in [6.07, 6.45) is 1.08. The van der Waals surface area contributed by atoms with Crippen molar-refractivity contribution in [3.63, 3.8) is 0 Å². The van der Waals surface area contributed by atoms with Crippen molar-refractivity contribution in [2.24, 2.45) is 0 Å². The van der Waals surface area contributed by atoms with E-state index < -0.39 is 0 Å². The maximum Gasteiger partial charge on any atom is 0.229 e. The highest BCUT2D eigenvalue weighted by molar-refractivity contribution is 6.03. The van der Waals surface area contributed by atoms with Gasteiger partial charge in [0.25, 0.3) is 0 Å².